The molecule has 0 radical (unpaired) electrons. The van der Waals surface area contributed by atoms with E-state index in [2.05, 4.69) is 28.0 Å². The van der Waals surface area contributed by atoms with Crippen LogP contribution in [0.25, 0.3) is 0 Å². The molecule has 2 aromatic carbocycles. The van der Waals surface area contributed by atoms with Crippen molar-refractivity contribution in [3.8, 4) is 23.0 Å². The van der Waals surface area contributed by atoms with Crippen molar-refractivity contribution in [3.05, 3.63) is 47.0 Å². The van der Waals surface area contributed by atoms with Crippen LogP contribution < -0.4 is 18.9 Å². The highest BCUT2D eigenvalue weighted by Crippen LogP contribution is 2.42. The highest BCUT2D eigenvalue weighted by atomic mass is 16.7. The quantitative estimate of drug-likeness (QED) is 0.598. The molecule has 0 aromatic heterocycles. The number of carbonyl (C=O) groups is 1. The summed E-state index contributed by atoms with van der Waals surface area (Å²) in [4.78, 5) is 16.9. The minimum atomic E-state index is -0.161. The van der Waals surface area contributed by atoms with E-state index in [1.165, 1.54) is 12.7 Å². The van der Waals surface area contributed by atoms with E-state index in [-0.39, 0.29) is 18.8 Å². The molecule has 34 heavy (non-hydrogen) atoms. The molecule has 1 saturated heterocycles. The number of hydrogen-bond acceptors (Lipinski definition) is 8. The van der Waals surface area contributed by atoms with Crippen molar-refractivity contribution >= 4 is 5.97 Å². The zero-order valence-electron chi connectivity index (χ0n) is 19.9. The summed E-state index contributed by atoms with van der Waals surface area (Å²) >= 11 is 0. The fraction of sp³-hybridized carbons (Fsp3) is 0.500. The fourth-order valence-corrected chi connectivity index (χ4v) is 5.09. The molecule has 0 N–H and O–H groups in total. The van der Waals surface area contributed by atoms with Crippen LogP contribution in [-0.2, 0) is 29.2 Å². The van der Waals surface area contributed by atoms with Gasteiger partial charge in [0.05, 0.1) is 14.2 Å². The second kappa shape index (κ2) is 10.1. The first-order valence-corrected chi connectivity index (χ1v) is 11.9. The molecule has 8 nitrogen and oxygen atoms in total. The maximum Gasteiger partial charge on any atom is 0.323 e. The van der Waals surface area contributed by atoms with Gasteiger partial charge < -0.3 is 23.7 Å². The Morgan fingerprint density at radius 1 is 1.00 bits per heavy atom. The van der Waals surface area contributed by atoms with Gasteiger partial charge in [-0.1, -0.05) is 12.5 Å². The zero-order chi connectivity index (χ0) is 23.5. The van der Waals surface area contributed by atoms with Crippen molar-refractivity contribution in [2.24, 2.45) is 0 Å². The molecule has 0 bridgehead atoms. The van der Waals surface area contributed by atoms with E-state index in [9.17, 15) is 4.79 Å². The van der Waals surface area contributed by atoms with Gasteiger partial charge in [-0.05, 0) is 54.8 Å². The Hall–Kier alpha value is -2.97. The number of carbonyl (C=O) groups excluding carboxylic acids is 1. The van der Waals surface area contributed by atoms with Gasteiger partial charge in [-0.25, -0.2) is 0 Å². The summed E-state index contributed by atoms with van der Waals surface area (Å²) in [5, 5.41) is 0. The van der Waals surface area contributed by atoms with Crippen molar-refractivity contribution in [1.29, 1.82) is 0 Å². The lowest BCUT2D eigenvalue weighted by Gasteiger charge is -2.33. The lowest BCUT2D eigenvalue weighted by molar-refractivity contribution is -0.148. The molecule has 3 aliphatic heterocycles. The molecule has 2 aromatic rings. The van der Waals surface area contributed by atoms with Crippen molar-refractivity contribution in [2.75, 3.05) is 40.7 Å². The van der Waals surface area contributed by atoms with Crippen molar-refractivity contribution in [1.82, 2.24) is 9.80 Å². The molecule has 1 fully saturated rings. The Morgan fingerprint density at radius 2 is 1.91 bits per heavy atom. The number of nitrogens with zero attached hydrogens (tertiary/aromatic N) is 2. The first-order valence-electron chi connectivity index (χ1n) is 11.9. The molecule has 1 atom stereocenters. The van der Waals surface area contributed by atoms with E-state index < -0.39 is 0 Å². The predicted octanol–water partition coefficient (Wildman–Crippen LogP) is 3.35. The van der Waals surface area contributed by atoms with E-state index in [1.54, 1.807) is 7.11 Å². The Bertz CT molecular complexity index is 1040. The third-order valence-corrected chi connectivity index (χ3v) is 6.78. The zero-order valence-corrected chi connectivity index (χ0v) is 19.9. The number of piperidine rings is 1. The van der Waals surface area contributed by atoms with E-state index >= 15 is 0 Å². The van der Waals surface area contributed by atoms with E-state index in [0.29, 0.717) is 18.1 Å². The molecular formula is C26H32N2O6. The number of esters is 1. The van der Waals surface area contributed by atoms with Gasteiger partial charge in [0.1, 0.15) is 18.4 Å². The smallest absolute Gasteiger partial charge is 0.323 e. The summed E-state index contributed by atoms with van der Waals surface area (Å²) in [6, 6.07) is 10.3. The van der Waals surface area contributed by atoms with Crippen LogP contribution in [0.3, 0.4) is 0 Å². The summed E-state index contributed by atoms with van der Waals surface area (Å²) in [6.07, 6.45) is 3.02. The monoisotopic (exact) mass is 468 g/mol. The molecule has 5 rings (SSSR count). The van der Waals surface area contributed by atoms with Crippen molar-refractivity contribution in [2.45, 2.75) is 44.9 Å². The van der Waals surface area contributed by atoms with Crippen LogP contribution in [-0.4, -0.2) is 62.5 Å². The molecule has 3 aliphatic rings. The van der Waals surface area contributed by atoms with Crippen LogP contribution in [0.4, 0.5) is 0 Å². The summed E-state index contributed by atoms with van der Waals surface area (Å²) < 4.78 is 27.7. The molecule has 3 heterocycles. The van der Waals surface area contributed by atoms with Crippen LogP contribution in [0, 0.1) is 0 Å². The van der Waals surface area contributed by atoms with Gasteiger partial charge in [0.2, 0.25) is 12.5 Å². The average Bonchev–Trinajstić information content (AvgIpc) is 3.24. The topological polar surface area (TPSA) is 69.7 Å². The number of hydrogen-bond donors (Lipinski definition) is 0. The summed E-state index contributed by atoms with van der Waals surface area (Å²) in [7, 11) is 3.12. The van der Waals surface area contributed by atoms with Gasteiger partial charge in [-0.2, -0.15) is 0 Å². The predicted molar refractivity (Wildman–Crippen MR) is 125 cm³/mol. The Labute approximate surface area is 200 Å². The maximum atomic E-state index is 12.3. The fourth-order valence-electron chi connectivity index (χ4n) is 5.09. The number of rotatable bonds is 6. The van der Waals surface area contributed by atoms with E-state index in [4.69, 9.17) is 23.7 Å². The third-order valence-electron chi connectivity index (χ3n) is 6.78. The number of likely N-dealkylation sites (tertiary alicyclic amines) is 1. The maximum absolute atomic E-state index is 12.3. The largest absolute Gasteiger partial charge is 0.493 e. The standard InChI is InChI=1S/C26H32N2O6/c1-30-23-12-19(13-24-25(23)34-17-33-24)14-27-9-10-32-22-7-6-18(11-20(22)16-27)15-28-8-4-3-5-21(28)26(29)31-2/h6-7,11-13,21H,3-5,8-10,14-17H2,1-2H3. The minimum absolute atomic E-state index is 0.136. The van der Waals surface area contributed by atoms with E-state index in [1.807, 2.05) is 12.1 Å². The molecular weight excluding hydrogens is 436 g/mol. The molecule has 0 amide bonds. The molecule has 182 valence electrons. The number of benzene rings is 2. The second-order valence-corrected chi connectivity index (χ2v) is 9.04. The van der Waals surface area contributed by atoms with Crippen LogP contribution >= 0.6 is 0 Å². The number of ether oxygens (including phenoxy) is 5. The van der Waals surface area contributed by atoms with Gasteiger partial charge in [-0.15, -0.1) is 0 Å². The Balaban J connectivity index is 1.31. The van der Waals surface area contributed by atoms with Crippen molar-refractivity contribution < 1.29 is 28.5 Å². The Morgan fingerprint density at radius 3 is 2.76 bits per heavy atom. The first kappa shape index (κ1) is 22.8. The SMILES string of the molecule is COC(=O)C1CCCCN1Cc1ccc2c(c1)CN(Cc1cc(OC)c3c(c1)OCO3)CCO2. The molecule has 0 aliphatic carbocycles. The summed E-state index contributed by atoms with van der Waals surface area (Å²) in [6.45, 7) is 4.83. The number of fused-ring (bicyclic) bond motifs is 2. The first-order chi connectivity index (χ1) is 16.6. The summed E-state index contributed by atoms with van der Waals surface area (Å²) in [5.74, 6) is 2.88. The highest BCUT2D eigenvalue weighted by molar-refractivity contribution is 5.75. The van der Waals surface area contributed by atoms with Crippen molar-refractivity contribution in [3.63, 3.8) is 0 Å². The summed E-state index contributed by atoms with van der Waals surface area (Å²) in [5.41, 5.74) is 3.45. The lowest BCUT2D eigenvalue weighted by Crippen LogP contribution is -2.44. The molecule has 8 heteroatoms. The molecule has 1 unspecified atom stereocenters. The van der Waals surface area contributed by atoms with Gasteiger partial charge in [-0.3, -0.25) is 14.6 Å². The molecule has 0 spiro atoms. The minimum Gasteiger partial charge on any atom is -0.493 e. The van der Waals surface area contributed by atoms with E-state index in [0.717, 1.165) is 74.6 Å². The highest BCUT2D eigenvalue weighted by Gasteiger charge is 2.29. The van der Waals surface area contributed by atoms with Crippen LogP contribution in [0.5, 0.6) is 23.0 Å². The number of methoxy groups -OCH3 is 2. The average molecular weight is 469 g/mol. The van der Waals surface area contributed by atoms with Gasteiger partial charge in [0.15, 0.2) is 11.5 Å². The van der Waals surface area contributed by atoms with Crippen LogP contribution in [0.1, 0.15) is 36.0 Å². The second-order valence-electron chi connectivity index (χ2n) is 9.04. The van der Waals surface area contributed by atoms with Crippen LogP contribution in [0.15, 0.2) is 30.3 Å². The van der Waals surface area contributed by atoms with Crippen LogP contribution in [0.2, 0.25) is 0 Å². The third kappa shape index (κ3) is 4.79. The van der Waals surface area contributed by atoms with Gasteiger partial charge in [0.25, 0.3) is 0 Å². The normalized spacial score (nSPS) is 20.2. The van der Waals surface area contributed by atoms with Gasteiger partial charge in [0, 0.05) is 31.7 Å². The Kier molecular flexibility index (Phi) is 6.78. The lowest BCUT2D eigenvalue weighted by atomic mass is 10.0. The van der Waals surface area contributed by atoms with Gasteiger partial charge >= 0.3 is 5.97 Å². The molecule has 0 saturated carbocycles.